The van der Waals surface area contributed by atoms with Crippen LogP contribution in [0.3, 0.4) is 0 Å². The van der Waals surface area contributed by atoms with Crippen LogP contribution in [0.5, 0.6) is 0 Å². The summed E-state index contributed by atoms with van der Waals surface area (Å²) in [5.41, 5.74) is 6.44. The van der Waals surface area contributed by atoms with Gasteiger partial charge in [-0.1, -0.05) is 12.1 Å². The molecule has 0 spiro atoms. The summed E-state index contributed by atoms with van der Waals surface area (Å²) in [7, 11) is 0. The molecule has 0 unspecified atom stereocenters. The number of nitrogens with two attached hydrogens (primary N) is 1. The van der Waals surface area contributed by atoms with Crippen LogP contribution in [0.25, 0.3) is 10.6 Å². The zero-order chi connectivity index (χ0) is 14.0. The van der Waals surface area contributed by atoms with Crippen molar-refractivity contribution in [3.05, 3.63) is 40.4 Å². The second-order valence-corrected chi connectivity index (χ2v) is 5.23. The van der Waals surface area contributed by atoms with Crippen LogP contribution in [0.15, 0.2) is 24.3 Å². The third-order valence-electron chi connectivity index (χ3n) is 2.72. The van der Waals surface area contributed by atoms with E-state index in [2.05, 4.69) is 4.98 Å². The lowest BCUT2D eigenvalue weighted by Gasteiger charge is -2.06. The minimum atomic E-state index is -4.30. The van der Waals surface area contributed by atoms with Crippen LogP contribution in [0.1, 0.15) is 16.1 Å². The van der Waals surface area contributed by atoms with Gasteiger partial charge in [-0.25, -0.2) is 4.98 Å². The third kappa shape index (κ3) is 3.13. The van der Waals surface area contributed by atoms with E-state index in [1.165, 1.54) is 23.5 Å². The summed E-state index contributed by atoms with van der Waals surface area (Å²) in [6.07, 6.45) is -3.56. The monoisotopic (exact) mass is 286 g/mol. The highest BCUT2D eigenvalue weighted by Gasteiger charge is 2.30. The number of nitrogens with zero attached hydrogens (tertiary/aromatic N) is 1. The molecule has 6 heteroatoms. The van der Waals surface area contributed by atoms with Crippen LogP contribution in [-0.2, 0) is 12.6 Å². The van der Waals surface area contributed by atoms with Crippen LogP contribution in [0.4, 0.5) is 13.2 Å². The van der Waals surface area contributed by atoms with Crippen molar-refractivity contribution in [1.29, 1.82) is 0 Å². The molecule has 0 amide bonds. The predicted octanol–water partition coefficient (Wildman–Crippen LogP) is 3.64. The van der Waals surface area contributed by atoms with Crippen molar-refractivity contribution < 1.29 is 13.2 Å². The van der Waals surface area contributed by atoms with E-state index in [4.69, 9.17) is 5.73 Å². The Bertz CT molecular complexity index is 558. The van der Waals surface area contributed by atoms with E-state index in [0.29, 0.717) is 12.1 Å². The summed E-state index contributed by atoms with van der Waals surface area (Å²) in [4.78, 5) is 5.45. The maximum absolute atomic E-state index is 12.5. The van der Waals surface area contributed by atoms with E-state index in [0.717, 1.165) is 34.1 Å². The molecule has 0 atom stereocenters. The Morgan fingerprint density at radius 2 is 1.84 bits per heavy atom. The van der Waals surface area contributed by atoms with Crippen molar-refractivity contribution >= 4 is 11.3 Å². The molecule has 1 heterocycles. The summed E-state index contributed by atoms with van der Waals surface area (Å²) in [5, 5.41) is 0.731. The van der Waals surface area contributed by atoms with Gasteiger partial charge in [0.15, 0.2) is 0 Å². The molecular formula is C13H13F3N2S. The minimum absolute atomic E-state index is 0.537. The smallest absolute Gasteiger partial charge is 0.330 e. The Kier molecular flexibility index (Phi) is 3.91. The van der Waals surface area contributed by atoms with Gasteiger partial charge in [0.05, 0.1) is 11.3 Å². The minimum Gasteiger partial charge on any atom is -0.330 e. The molecule has 2 N–H and O–H groups in total. The van der Waals surface area contributed by atoms with Gasteiger partial charge in [-0.2, -0.15) is 13.2 Å². The maximum Gasteiger partial charge on any atom is 0.416 e. The van der Waals surface area contributed by atoms with Crippen molar-refractivity contribution in [2.45, 2.75) is 19.5 Å². The summed E-state index contributed by atoms with van der Waals surface area (Å²) in [5.74, 6) is 0. The number of alkyl halides is 3. The Morgan fingerprint density at radius 1 is 1.21 bits per heavy atom. The van der Waals surface area contributed by atoms with E-state index in [1.54, 1.807) is 0 Å². The number of hydrogen-bond donors (Lipinski definition) is 1. The number of aromatic nitrogens is 1. The van der Waals surface area contributed by atoms with E-state index < -0.39 is 11.7 Å². The Hall–Kier alpha value is -1.40. The predicted molar refractivity (Wildman–Crippen MR) is 70.0 cm³/mol. The highest BCUT2D eigenvalue weighted by Crippen LogP contribution is 2.32. The second-order valence-electron chi connectivity index (χ2n) is 4.14. The fraction of sp³-hybridized carbons (Fsp3) is 0.308. The van der Waals surface area contributed by atoms with Gasteiger partial charge >= 0.3 is 6.18 Å². The van der Waals surface area contributed by atoms with Gasteiger partial charge < -0.3 is 5.73 Å². The summed E-state index contributed by atoms with van der Waals surface area (Å²) >= 11 is 1.48. The Labute approximate surface area is 113 Å². The largest absolute Gasteiger partial charge is 0.416 e. The number of halogens is 3. The maximum atomic E-state index is 12.5. The molecule has 0 saturated carbocycles. The molecule has 2 aromatic rings. The van der Waals surface area contributed by atoms with E-state index in [1.807, 2.05) is 6.92 Å². The van der Waals surface area contributed by atoms with Crippen LogP contribution < -0.4 is 5.73 Å². The third-order valence-corrected chi connectivity index (χ3v) is 3.99. The SMILES string of the molecule is Cc1nc(-c2ccc(C(F)(F)F)cc2)sc1CCN. The van der Waals surface area contributed by atoms with Crippen LogP contribution >= 0.6 is 11.3 Å². The van der Waals surface area contributed by atoms with Gasteiger partial charge in [-0.15, -0.1) is 11.3 Å². The van der Waals surface area contributed by atoms with Crippen molar-refractivity contribution in [1.82, 2.24) is 4.98 Å². The van der Waals surface area contributed by atoms with Crippen molar-refractivity contribution in [3.8, 4) is 10.6 Å². The molecule has 0 bridgehead atoms. The highest BCUT2D eigenvalue weighted by atomic mass is 32.1. The molecule has 102 valence electrons. The van der Waals surface area contributed by atoms with Gasteiger partial charge in [0, 0.05) is 10.4 Å². The van der Waals surface area contributed by atoms with Crippen molar-refractivity contribution in [3.63, 3.8) is 0 Å². The highest BCUT2D eigenvalue weighted by molar-refractivity contribution is 7.15. The molecule has 0 fully saturated rings. The van der Waals surface area contributed by atoms with Crippen molar-refractivity contribution in [2.24, 2.45) is 5.73 Å². The first-order valence-electron chi connectivity index (χ1n) is 5.76. The zero-order valence-corrected chi connectivity index (χ0v) is 11.1. The first kappa shape index (κ1) is 14.0. The normalized spacial score (nSPS) is 11.8. The Balaban J connectivity index is 2.30. The molecule has 2 nitrogen and oxygen atoms in total. The van der Waals surface area contributed by atoms with E-state index in [9.17, 15) is 13.2 Å². The quantitative estimate of drug-likeness (QED) is 0.935. The van der Waals surface area contributed by atoms with Crippen LogP contribution in [0.2, 0.25) is 0 Å². The standard InChI is InChI=1S/C13H13F3N2S/c1-8-11(6-7-17)19-12(18-8)9-2-4-10(5-3-9)13(14,15)16/h2-5H,6-7,17H2,1H3. The van der Waals surface area contributed by atoms with Crippen LogP contribution in [0, 0.1) is 6.92 Å². The van der Waals surface area contributed by atoms with Gasteiger partial charge in [-0.05, 0) is 32.0 Å². The lowest BCUT2D eigenvalue weighted by Crippen LogP contribution is -2.03. The number of hydrogen-bond acceptors (Lipinski definition) is 3. The Morgan fingerprint density at radius 3 is 2.37 bits per heavy atom. The fourth-order valence-electron chi connectivity index (χ4n) is 1.72. The number of rotatable bonds is 3. The summed E-state index contributed by atoms with van der Waals surface area (Å²) < 4.78 is 37.4. The van der Waals surface area contributed by atoms with Crippen molar-refractivity contribution in [2.75, 3.05) is 6.54 Å². The molecule has 2 rings (SSSR count). The number of aryl methyl sites for hydroxylation is 1. The topological polar surface area (TPSA) is 38.9 Å². The van der Waals surface area contributed by atoms with Crippen LogP contribution in [-0.4, -0.2) is 11.5 Å². The number of thiazole rings is 1. The average molecular weight is 286 g/mol. The van der Waals surface area contributed by atoms with Gasteiger partial charge in [-0.3, -0.25) is 0 Å². The molecule has 0 aliphatic heterocycles. The zero-order valence-electron chi connectivity index (χ0n) is 10.3. The fourth-order valence-corrected chi connectivity index (χ4v) is 2.80. The molecule has 0 radical (unpaired) electrons. The molecule has 1 aromatic carbocycles. The van der Waals surface area contributed by atoms with E-state index >= 15 is 0 Å². The summed E-state index contributed by atoms with van der Waals surface area (Å²) in [6, 6.07) is 5.06. The molecule has 0 saturated heterocycles. The second kappa shape index (κ2) is 5.30. The lowest BCUT2D eigenvalue weighted by molar-refractivity contribution is -0.137. The van der Waals surface area contributed by atoms with Gasteiger partial charge in [0.25, 0.3) is 0 Å². The first-order valence-corrected chi connectivity index (χ1v) is 6.57. The first-order chi connectivity index (χ1) is 8.91. The molecule has 1 aromatic heterocycles. The number of benzene rings is 1. The lowest BCUT2D eigenvalue weighted by atomic mass is 10.1. The van der Waals surface area contributed by atoms with Gasteiger partial charge in [0.1, 0.15) is 5.01 Å². The summed E-state index contributed by atoms with van der Waals surface area (Å²) in [6.45, 7) is 2.42. The molecule has 0 aliphatic rings. The average Bonchev–Trinajstić information content (AvgIpc) is 2.71. The van der Waals surface area contributed by atoms with E-state index in [-0.39, 0.29) is 0 Å². The molecule has 0 aliphatic carbocycles. The van der Waals surface area contributed by atoms with Gasteiger partial charge in [0.2, 0.25) is 0 Å². The molecule has 19 heavy (non-hydrogen) atoms. The molecular weight excluding hydrogens is 273 g/mol.